The second kappa shape index (κ2) is 5.40. The zero-order chi connectivity index (χ0) is 17.2. The molecular weight excluding hydrogens is 314 g/mol. The van der Waals surface area contributed by atoms with Crippen molar-refractivity contribution in [3.63, 3.8) is 0 Å². The molecule has 5 rings (SSSR count). The standard InChI is InChI=1S/C19H27N5O/c1-13-21-19(18(25)24(13)10-14-3-4-14)6-5-16-11-23(12-17(16)19)9-15-7-20-22(2)8-15/h7-8,14,16-17H,3-6,9-12H2,1-2H3/t16-,17+,19-/m1/s1. The van der Waals surface area contributed by atoms with Crippen LogP contribution in [0.15, 0.2) is 17.4 Å². The number of fused-ring (bicyclic) bond motifs is 2. The molecular formula is C19H27N5O. The van der Waals surface area contributed by atoms with Crippen molar-refractivity contribution in [3.8, 4) is 0 Å². The highest BCUT2D eigenvalue weighted by atomic mass is 16.2. The van der Waals surface area contributed by atoms with Crippen molar-refractivity contribution in [1.29, 1.82) is 0 Å². The van der Waals surface area contributed by atoms with Crippen LogP contribution >= 0.6 is 0 Å². The van der Waals surface area contributed by atoms with Crippen LogP contribution in [0.25, 0.3) is 0 Å². The second-order valence-electron chi connectivity index (χ2n) is 8.56. The Kier molecular flexibility index (Phi) is 3.36. The van der Waals surface area contributed by atoms with Crippen LogP contribution in [0.3, 0.4) is 0 Å². The van der Waals surface area contributed by atoms with Crippen LogP contribution in [0.1, 0.15) is 38.2 Å². The number of aryl methyl sites for hydroxylation is 1. The Morgan fingerprint density at radius 1 is 1.28 bits per heavy atom. The van der Waals surface area contributed by atoms with E-state index >= 15 is 0 Å². The van der Waals surface area contributed by atoms with Crippen LogP contribution in [-0.4, -0.2) is 56.5 Å². The average Bonchev–Trinajstić information content (AvgIpc) is 2.89. The number of rotatable bonds is 4. The molecule has 0 radical (unpaired) electrons. The van der Waals surface area contributed by atoms with Crippen molar-refractivity contribution < 1.29 is 4.79 Å². The van der Waals surface area contributed by atoms with E-state index in [0.29, 0.717) is 23.7 Å². The molecule has 3 atom stereocenters. The molecule has 6 nitrogen and oxygen atoms in total. The molecule has 1 aromatic heterocycles. The van der Waals surface area contributed by atoms with E-state index in [2.05, 4.69) is 16.2 Å². The number of hydrogen-bond acceptors (Lipinski definition) is 4. The Morgan fingerprint density at radius 2 is 2.12 bits per heavy atom. The Bertz CT molecular complexity index is 736. The lowest BCUT2D eigenvalue weighted by molar-refractivity contribution is -0.132. The molecule has 1 amide bonds. The summed E-state index contributed by atoms with van der Waals surface area (Å²) in [7, 11) is 1.96. The molecule has 3 heterocycles. The Hall–Kier alpha value is -1.69. The minimum absolute atomic E-state index is 0.299. The van der Waals surface area contributed by atoms with Gasteiger partial charge in [0.1, 0.15) is 11.4 Å². The number of aliphatic imine (C=N–C) groups is 1. The van der Waals surface area contributed by atoms with Crippen LogP contribution in [0.2, 0.25) is 0 Å². The molecule has 0 N–H and O–H groups in total. The number of hydrogen-bond donors (Lipinski definition) is 0. The molecule has 25 heavy (non-hydrogen) atoms. The molecule has 6 heteroatoms. The third-order valence-corrected chi connectivity index (χ3v) is 6.70. The van der Waals surface area contributed by atoms with Gasteiger partial charge >= 0.3 is 0 Å². The van der Waals surface area contributed by atoms with Crippen LogP contribution in [0, 0.1) is 17.8 Å². The highest BCUT2D eigenvalue weighted by molar-refractivity contribution is 6.07. The average molecular weight is 341 g/mol. The van der Waals surface area contributed by atoms with E-state index < -0.39 is 5.54 Å². The monoisotopic (exact) mass is 341 g/mol. The van der Waals surface area contributed by atoms with E-state index in [0.717, 1.165) is 44.9 Å². The second-order valence-corrected chi connectivity index (χ2v) is 8.56. The summed E-state index contributed by atoms with van der Waals surface area (Å²) in [5, 5.41) is 4.27. The van der Waals surface area contributed by atoms with Gasteiger partial charge in [0.05, 0.1) is 6.20 Å². The molecule has 3 fully saturated rings. The number of amidine groups is 1. The lowest BCUT2D eigenvalue weighted by atomic mass is 9.85. The number of aromatic nitrogens is 2. The quantitative estimate of drug-likeness (QED) is 0.837. The Morgan fingerprint density at radius 3 is 2.84 bits per heavy atom. The van der Waals surface area contributed by atoms with E-state index in [9.17, 15) is 4.79 Å². The molecule has 2 aliphatic heterocycles. The van der Waals surface area contributed by atoms with Crippen molar-refractivity contribution >= 4 is 11.7 Å². The Labute approximate surface area is 148 Å². The lowest BCUT2D eigenvalue weighted by Gasteiger charge is -2.28. The molecule has 1 spiro atoms. The zero-order valence-corrected chi connectivity index (χ0v) is 15.2. The van der Waals surface area contributed by atoms with Gasteiger partial charge in [-0.25, -0.2) is 0 Å². The van der Waals surface area contributed by atoms with Crippen molar-refractivity contribution in [2.45, 2.75) is 44.7 Å². The van der Waals surface area contributed by atoms with Gasteiger partial charge in [-0.05, 0) is 44.4 Å². The Balaban J connectivity index is 1.33. The fourth-order valence-electron chi connectivity index (χ4n) is 5.28. The number of amides is 1. The molecule has 0 unspecified atom stereocenters. The van der Waals surface area contributed by atoms with Crippen LogP contribution in [0.5, 0.6) is 0 Å². The molecule has 1 saturated heterocycles. The first-order valence-electron chi connectivity index (χ1n) is 9.63. The van der Waals surface area contributed by atoms with E-state index in [-0.39, 0.29) is 0 Å². The summed E-state index contributed by atoms with van der Waals surface area (Å²) in [5.41, 5.74) is 0.803. The summed E-state index contributed by atoms with van der Waals surface area (Å²) in [5.74, 6) is 2.97. The maximum Gasteiger partial charge on any atom is 0.256 e. The fraction of sp³-hybridized carbons (Fsp3) is 0.737. The van der Waals surface area contributed by atoms with Crippen molar-refractivity contribution in [1.82, 2.24) is 19.6 Å². The van der Waals surface area contributed by atoms with E-state index in [4.69, 9.17) is 4.99 Å². The van der Waals surface area contributed by atoms with Gasteiger partial charge < -0.3 is 0 Å². The van der Waals surface area contributed by atoms with Gasteiger partial charge in [-0.3, -0.25) is 24.3 Å². The fourth-order valence-corrected chi connectivity index (χ4v) is 5.28. The molecule has 1 aromatic rings. The first-order valence-corrected chi connectivity index (χ1v) is 9.63. The van der Waals surface area contributed by atoms with Crippen LogP contribution in [-0.2, 0) is 18.4 Å². The number of carbonyl (C=O) groups excluding carboxylic acids is 1. The van der Waals surface area contributed by atoms with E-state index in [1.165, 1.54) is 18.4 Å². The van der Waals surface area contributed by atoms with Gasteiger partial charge in [0.15, 0.2) is 0 Å². The topological polar surface area (TPSA) is 53.7 Å². The van der Waals surface area contributed by atoms with Gasteiger partial charge in [-0.1, -0.05) is 0 Å². The summed E-state index contributed by atoms with van der Waals surface area (Å²) in [4.78, 5) is 22.8. The molecule has 4 aliphatic rings. The van der Waals surface area contributed by atoms with Gasteiger partial charge in [-0.2, -0.15) is 5.10 Å². The molecule has 2 aliphatic carbocycles. The van der Waals surface area contributed by atoms with Crippen molar-refractivity contribution in [2.75, 3.05) is 19.6 Å². The molecule has 0 bridgehead atoms. The summed E-state index contributed by atoms with van der Waals surface area (Å²) in [6, 6.07) is 0. The maximum absolute atomic E-state index is 13.3. The minimum atomic E-state index is -0.451. The maximum atomic E-state index is 13.3. The van der Waals surface area contributed by atoms with E-state index in [1.54, 1.807) is 0 Å². The van der Waals surface area contributed by atoms with Crippen molar-refractivity contribution in [3.05, 3.63) is 18.0 Å². The minimum Gasteiger partial charge on any atom is -0.298 e. The highest BCUT2D eigenvalue weighted by Crippen LogP contribution is 2.50. The number of carbonyl (C=O) groups is 1. The summed E-state index contributed by atoms with van der Waals surface area (Å²) >= 11 is 0. The third-order valence-electron chi connectivity index (χ3n) is 6.70. The molecule has 134 valence electrons. The van der Waals surface area contributed by atoms with Gasteiger partial charge in [-0.15, -0.1) is 0 Å². The molecule has 2 saturated carbocycles. The van der Waals surface area contributed by atoms with Gasteiger partial charge in [0.2, 0.25) is 0 Å². The normalized spacial score (nSPS) is 35.0. The summed E-state index contributed by atoms with van der Waals surface area (Å²) < 4.78 is 1.86. The smallest absolute Gasteiger partial charge is 0.256 e. The van der Waals surface area contributed by atoms with Gasteiger partial charge in [0, 0.05) is 50.9 Å². The lowest BCUT2D eigenvalue weighted by Crippen LogP contribution is -2.47. The van der Waals surface area contributed by atoms with Crippen molar-refractivity contribution in [2.24, 2.45) is 29.8 Å². The van der Waals surface area contributed by atoms with Crippen LogP contribution < -0.4 is 0 Å². The molecule has 0 aromatic carbocycles. The zero-order valence-electron chi connectivity index (χ0n) is 15.2. The highest BCUT2D eigenvalue weighted by Gasteiger charge is 2.60. The predicted octanol–water partition coefficient (Wildman–Crippen LogP) is 1.67. The predicted molar refractivity (Wildman–Crippen MR) is 95.0 cm³/mol. The van der Waals surface area contributed by atoms with E-state index in [1.807, 2.05) is 29.7 Å². The summed E-state index contributed by atoms with van der Waals surface area (Å²) in [6.45, 7) is 5.93. The van der Waals surface area contributed by atoms with Crippen LogP contribution in [0.4, 0.5) is 0 Å². The van der Waals surface area contributed by atoms with Gasteiger partial charge in [0.25, 0.3) is 5.91 Å². The largest absolute Gasteiger partial charge is 0.298 e. The first kappa shape index (κ1) is 15.6. The number of likely N-dealkylation sites (tertiary alicyclic amines) is 1. The summed E-state index contributed by atoms with van der Waals surface area (Å²) in [6.07, 6.45) is 8.66. The first-order chi connectivity index (χ1) is 12.0. The third kappa shape index (κ3) is 2.45. The SMILES string of the molecule is CC1=N[C@@]2(CC[C@@H]3CN(Cc4cnn(C)c4)C[C@@H]32)C(=O)N1CC1CC1. The number of nitrogens with zero attached hydrogens (tertiary/aromatic N) is 5.